The van der Waals surface area contributed by atoms with Gasteiger partial charge in [-0.2, -0.15) is 0 Å². The van der Waals surface area contributed by atoms with Crippen LogP contribution in [0.4, 0.5) is 10.1 Å². The Hall–Kier alpha value is -2.93. The maximum absolute atomic E-state index is 13.0. The summed E-state index contributed by atoms with van der Waals surface area (Å²) in [6, 6.07) is 12.6. The van der Waals surface area contributed by atoms with E-state index in [0.29, 0.717) is 36.8 Å². The van der Waals surface area contributed by atoms with Crippen molar-refractivity contribution in [2.45, 2.75) is 19.4 Å². The minimum Gasteiger partial charge on any atom is -0.333 e. The number of rotatable bonds is 7. The fraction of sp³-hybridized carbons (Fsp3) is 0.286. The van der Waals surface area contributed by atoms with Crippen LogP contribution in [0.5, 0.6) is 0 Å². The van der Waals surface area contributed by atoms with Crippen LogP contribution in [0.15, 0.2) is 48.5 Å². The van der Waals surface area contributed by atoms with Gasteiger partial charge < -0.3 is 15.1 Å². The van der Waals surface area contributed by atoms with Crippen molar-refractivity contribution in [3.8, 4) is 0 Å². The van der Waals surface area contributed by atoms with E-state index in [4.69, 9.17) is 11.6 Å². The lowest BCUT2D eigenvalue weighted by atomic mass is 10.1. The van der Waals surface area contributed by atoms with Gasteiger partial charge in [0.2, 0.25) is 5.91 Å². The summed E-state index contributed by atoms with van der Waals surface area (Å²) in [7, 11) is 0. The summed E-state index contributed by atoms with van der Waals surface area (Å²) in [5, 5.41) is 3.35. The van der Waals surface area contributed by atoms with E-state index in [-0.39, 0.29) is 24.7 Å². The number of carbonyl (C=O) groups is 3. The Morgan fingerprint density at radius 2 is 1.59 bits per heavy atom. The Balaban J connectivity index is 1.43. The predicted molar refractivity (Wildman–Crippen MR) is 108 cm³/mol. The van der Waals surface area contributed by atoms with E-state index in [1.54, 1.807) is 36.4 Å². The van der Waals surface area contributed by atoms with E-state index in [9.17, 15) is 18.8 Å². The molecule has 1 fully saturated rings. The zero-order valence-corrected chi connectivity index (χ0v) is 16.5. The Morgan fingerprint density at radius 1 is 0.966 bits per heavy atom. The van der Waals surface area contributed by atoms with Crippen molar-refractivity contribution in [1.29, 1.82) is 0 Å². The number of halogens is 2. The summed E-state index contributed by atoms with van der Waals surface area (Å²) in [6.07, 6.45) is 0.691. The highest BCUT2D eigenvalue weighted by atomic mass is 35.5. The van der Waals surface area contributed by atoms with Crippen molar-refractivity contribution in [1.82, 2.24) is 9.80 Å². The molecule has 1 heterocycles. The van der Waals surface area contributed by atoms with Gasteiger partial charge >= 0.3 is 11.8 Å². The van der Waals surface area contributed by atoms with Crippen LogP contribution in [0.3, 0.4) is 0 Å². The van der Waals surface area contributed by atoms with Crippen molar-refractivity contribution in [2.75, 3.05) is 25.0 Å². The van der Waals surface area contributed by atoms with Gasteiger partial charge in [-0.1, -0.05) is 23.7 Å². The molecule has 0 radical (unpaired) electrons. The van der Waals surface area contributed by atoms with Gasteiger partial charge in [0.25, 0.3) is 0 Å². The maximum atomic E-state index is 13.0. The molecule has 1 aliphatic rings. The highest BCUT2D eigenvalue weighted by Crippen LogP contribution is 2.15. The lowest BCUT2D eigenvalue weighted by molar-refractivity contribution is -0.156. The number of benzene rings is 2. The first-order chi connectivity index (χ1) is 13.9. The van der Waals surface area contributed by atoms with Crippen molar-refractivity contribution < 1.29 is 18.8 Å². The molecule has 3 amide bonds. The second-order valence-electron chi connectivity index (χ2n) is 6.80. The molecule has 29 heavy (non-hydrogen) atoms. The molecule has 2 aromatic rings. The predicted octanol–water partition coefficient (Wildman–Crippen LogP) is 3.07. The lowest BCUT2D eigenvalue weighted by Gasteiger charge is -2.33. The highest BCUT2D eigenvalue weighted by molar-refractivity contribution is 6.35. The molecular formula is C21H21ClFN3O3. The molecule has 1 N–H and O–H groups in total. The molecule has 0 saturated carbocycles. The number of amides is 3. The quantitative estimate of drug-likeness (QED) is 0.704. The average Bonchev–Trinajstić information content (AvgIpc) is 2.70. The van der Waals surface area contributed by atoms with Gasteiger partial charge in [-0.3, -0.25) is 14.4 Å². The first-order valence-corrected chi connectivity index (χ1v) is 9.68. The first kappa shape index (κ1) is 20.8. The number of anilines is 1. The van der Waals surface area contributed by atoms with Crippen LogP contribution in [0.25, 0.3) is 0 Å². The number of hydrogen-bond donors (Lipinski definition) is 1. The van der Waals surface area contributed by atoms with Crippen LogP contribution in [-0.2, 0) is 20.9 Å². The highest BCUT2D eigenvalue weighted by Gasteiger charge is 2.32. The number of nitrogens with one attached hydrogen (secondary N) is 1. The Morgan fingerprint density at radius 3 is 2.28 bits per heavy atom. The second kappa shape index (κ2) is 9.52. The third-order valence-electron chi connectivity index (χ3n) is 4.64. The summed E-state index contributed by atoms with van der Waals surface area (Å²) < 4.78 is 13.0. The molecule has 8 heteroatoms. The van der Waals surface area contributed by atoms with Crippen molar-refractivity contribution in [3.05, 3.63) is 64.9 Å². The molecule has 0 atom stereocenters. The maximum Gasteiger partial charge on any atom is 0.312 e. The molecule has 0 aromatic heterocycles. The monoisotopic (exact) mass is 417 g/mol. The molecule has 0 unspecified atom stereocenters. The minimum absolute atomic E-state index is 0.166. The van der Waals surface area contributed by atoms with E-state index in [2.05, 4.69) is 5.32 Å². The van der Waals surface area contributed by atoms with Gasteiger partial charge in [-0.05, 0) is 48.4 Å². The zero-order valence-electron chi connectivity index (χ0n) is 15.7. The third-order valence-corrected chi connectivity index (χ3v) is 4.90. The van der Waals surface area contributed by atoms with E-state index in [0.717, 1.165) is 5.56 Å². The van der Waals surface area contributed by atoms with Crippen LogP contribution in [0.1, 0.15) is 18.4 Å². The molecule has 152 valence electrons. The summed E-state index contributed by atoms with van der Waals surface area (Å²) >= 11 is 5.81. The van der Waals surface area contributed by atoms with Gasteiger partial charge in [0, 0.05) is 43.3 Å². The number of carbonyl (C=O) groups excluding carboxylic acids is 3. The summed E-state index contributed by atoms with van der Waals surface area (Å²) in [6.45, 7) is 1.41. The average molecular weight is 418 g/mol. The number of nitrogens with zero attached hydrogens (tertiary/aromatic N) is 2. The zero-order chi connectivity index (χ0) is 20.8. The van der Waals surface area contributed by atoms with Gasteiger partial charge in [0.05, 0.1) is 0 Å². The Bertz CT molecular complexity index is 887. The number of hydrogen-bond acceptors (Lipinski definition) is 3. The van der Waals surface area contributed by atoms with E-state index in [1.165, 1.54) is 21.9 Å². The summed E-state index contributed by atoms with van der Waals surface area (Å²) in [5.41, 5.74) is 1.42. The molecule has 6 nitrogen and oxygen atoms in total. The molecule has 1 saturated heterocycles. The molecule has 2 aromatic carbocycles. The van der Waals surface area contributed by atoms with Gasteiger partial charge in [0.1, 0.15) is 5.82 Å². The normalized spacial score (nSPS) is 14.3. The van der Waals surface area contributed by atoms with Crippen molar-refractivity contribution >= 4 is 35.0 Å². The summed E-state index contributed by atoms with van der Waals surface area (Å²) in [5.74, 6) is -1.66. The Kier molecular flexibility index (Phi) is 6.82. The van der Waals surface area contributed by atoms with Gasteiger partial charge in [-0.25, -0.2) is 4.39 Å². The van der Waals surface area contributed by atoms with Crippen LogP contribution in [0.2, 0.25) is 5.02 Å². The largest absolute Gasteiger partial charge is 0.333 e. The van der Waals surface area contributed by atoms with Crippen LogP contribution in [0, 0.1) is 5.82 Å². The fourth-order valence-corrected chi connectivity index (χ4v) is 3.20. The van der Waals surface area contributed by atoms with Gasteiger partial charge in [-0.15, -0.1) is 0 Å². The molecule has 0 bridgehead atoms. The second-order valence-corrected chi connectivity index (χ2v) is 7.24. The van der Waals surface area contributed by atoms with E-state index in [1.807, 2.05) is 0 Å². The molecule has 0 aliphatic carbocycles. The topological polar surface area (TPSA) is 69.7 Å². The fourth-order valence-electron chi connectivity index (χ4n) is 3.08. The standard InChI is InChI=1S/C21H21ClFN3O3/c22-16-5-9-18(10-6-16)24-19(27)2-1-11-25-12-13-26(21(29)20(25)28)14-15-3-7-17(23)8-4-15/h3-10H,1-2,11-14H2,(H,24,27). The van der Waals surface area contributed by atoms with Crippen molar-refractivity contribution in [3.63, 3.8) is 0 Å². The first-order valence-electron chi connectivity index (χ1n) is 9.30. The summed E-state index contributed by atoms with van der Waals surface area (Å²) in [4.78, 5) is 39.6. The molecule has 1 aliphatic heterocycles. The molecule has 0 spiro atoms. The molecule has 3 rings (SSSR count). The van der Waals surface area contributed by atoms with Crippen LogP contribution < -0.4 is 5.32 Å². The Labute approximate surface area is 173 Å². The van der Waals surface area contributed by atoms with Crippen molar-refractivity contribution in [2.24, 2.45) is 0 Å². The smallest absolute Gasteiger partial charge is 0.312 e. The lowest BCUT2D eigenvalue weighted by Crippen LogP contribution is -2.54. The van der Waals surface area contributed by atoms with Crippen LogP contribution >= 0.6 is 11.6 Å². The third kappa shape index (κ3) is 5.77. The van der Waals surface area contributed by atoms with Gasteiger partial charge in [0.15, 0.2) is 0 Å². The van der Waals surface area contributed by atoms with Crippen LogP contribution in [-0.4, -0.2) is 47.2 Å². The number of piperazine rings is 1. The molecular weight excluding hydrogens is 397 g/mol. The minimum atomic E-state index is -0.578. The van der Waals surface area contributed by atoms with E-state index < -0.39 is 11.8 Å². The SMILES string of the molecule is O=C(CCCN1CCN(Cc2ccc(F)cc2)C(=O)C1=O)Nc1ccc(Cl)cc1. The van der Waals surface area contributed by atoms with E-state index >= 15 is 0 Å².